The minimum absolute atomic E-state index is 0.00513. The smallest absolute Gasteiger partial charge is 0.258 e. The lowest BCUT2D eigenvalue weighted by Gasteiger charge is -2.22. The Morgan fingerprint density at radius 2 is 1.92 bits per heavy atom. The predicted octanol–water partition coefficient (Wildman–Crippen LogP) is 3.57. The van der Waals surface area contributed by atoms with Crippen LogP contribution in [0.3, 0.4) is 0 Å². The van der Waals surface area contributed by atoms with Crippen LogP contribution in [0.1, 0.15) is 53.6 Å². The first-order chi connectivity index (χ1) is 18.9. The molecule has 2 aliphatic carbocycles. The third-order valence-corrected chi connectivity index (χ3v) is 8.42. The number of benzene rings is 2. The maximum absolute atomic E-state index is 15.0. The van der Waals surface area contributed by atoms with E-state index in [-0.39, 0.29) is 30.2 Å². The number of hydrogen-bond acceptors (Lipinski definition) is 5. The monoisotopic (exact) mass is 532 g/mol. The predicted molar refractivity (Wildman–Crippen MR) is 150 cm³/mol. The van der Waals surface area contributed by atoms with Crippen molar-refractivity contribution in [1.29, 1.82) is 0 Å². The number of nitrogens with zero attached hydrogens (tertiary/aromatic N) is 2. The third kappa shape index (κ3) is 5.78. The van der Waals surface area contributed by atoms with Crippen molar-refractivity contribution in [3.8, 4) is 11.1 Å². The highest BCUT2D eigenvalue weighted by Crippen LogP contribution is 2.33. The zero-order valence-electron chi connectivity index (χ0n) is 22.5. The summed E-state index contributed by atoms with van der Waals surface area (Å²) in [7, 11) is 0. The Morgan fingerprint density at radius 1 is 1.10 bits per heavy atom. The largest absolute Gasteiger partial charge is 0.395 e. The molecule has 206 valence electrons. The van der Waals surface area contributed by atoms with Gasteiger partial charge in [-0.2, -0.15) is 0 Å². The van der Waals surface area contributed by atoms with Gasteiger partial charge in [-0.25, -0.2) is 4.39 Å². The summed E-state index contributed by atoms with van der Waals surface area (Å²) in [6.07, 6.45) is 7.12. The summed E-state index contributed by atoms with van der Waals surface area (Å²) < 4.78 is 16.9. The van der Waals surface area contributed by atoms with Gasteiger partial charge >= 0.3 is 0 Å². The molecule has 1 amide bonds. The summed E-state index contributed by atoms with van der Waals surface area (Å²) in [5.41, 5.74) is 3.32. The van der Waals surface area contributed by atoms with Gasteiger partial charge in [0, 0.05) is 62.0 Å². The summed E-state index contributed by atoms with van der Waals surface area (Å²) in [6, 6.07) is 9.09. The molecule has 8 heteroatoms. The fraction of sp³-hybridized carbons (Fsp3) is 0.484. The van der Waals surface area contributed by atoms with Crippen molar-refractivity contribution in [2.75, 3.05) is 26.2 Å². The number of carbonyl (C=O) groups excluding carboxylic acids is 1. The summed E-state index contributed by atoms with van der Waals surface area (Å²) in [4.78, 5) is 28.6. The molecule has 1 atom stereocenters. The molecule has 1 saturated heterocycles. The molecule has 3 aromatic rings. The highest BCUT2D eigenvalue weighted by Gasteiger charge is 2.26. The van der Waals surface area contributed by atoms with Gasteiger partial charge in [-0.05, 0) is 96.9 Å². The van der Waals surface area contributed by atoms with Gasteiger partial charge in [-0.1, -0.05) is 6.07 Å². The molecule has 7 nitrogen and oxygen atoms in total. The van der Waals surface area contributed by atoms with Gasteiger partial charge in [-0.3, -0.25) is 14.5 Å². The fourth-order valence-corrected chi connectivity index (χ4v) is 5.62. The number of amides is 1. The van der Waals surface area contributed by atoms with Crippen LogP contribution in [-0.2, 0) is 13.1 Å². The van der Waals surface area contributed by atoms with Crippen molar-refractivity contribution < 1.29 is 14.3 Å². The van der Waals surface area contributed by atoms with Crippen molar-refractivity contribution >= 4 is 16.7 Å². The van der Waals surface area contributed by atoms with Gasteiger partial charge in [0.05, 0.1) is 6.61 Å². The molecule has 2 saturated carbocycles. The zero-order chi connectivity index (χ0) is 27.1. The van der Waals surface area contributed by atoms with E-state index in [2.05, 4.69) is 15.5 Å². The number of hydrogen-bond donors (Lipinski definition) is 3. The van der Waals surface area contributed by atoms with Crippen LogP contribution in [-0.4, -0.2) is 58.8 Å². The average molecular weight is 533 g/mol. The van der Waals surface area contributed by atoms with Gasteiger partial charge in [-0.15, -0.1) is 0 Å². The lowest BCUT2D eigenvalue weighted by molar-refractivity contribution is 0.0950. The molecule has 1 unspecified atom stereocenters. The van der Waals surface area contributed by atoms with Gasteiger partial charge in [0.15, 0.2) is 0 Å². The van der Waals surface area contributed by atoms with E-state index >= 15 is 4.39 Å². The van der Waals surface area contributed by atoms with E-state index < -0.39 is 5.82 Å². The van der Waals surface area contributed by atoms with Crippen LogP contribution < -0.4 is 16.2 Å². The highest BCUT2D eigenvalue weighted by atomic mass is 19.1. The third-order valence-electron chi connectivity index (χ3n) is 8.42. The number of carbonyl (C=O) groups is 1. The van der Waals surface area contributed by atoms with E-state index in [0.717, 1.165) is 74.8 Å². The second-order valence-corrected chi connectivity index (χ2v) is 11.6. The first-order valence-electron chi connectivity index (χ1n) is 14.2. The molecular weight excluding hydrogens is 495 g/mol. The summed E-state index contributed by atoms with van der Waals surface area (Å²) in [5, 5.41) is 17.5. The Balaban J connectivity index is 1.40. The number of aromatic nitrogens is 1. The molecule has 39 heavy (non-hydrogen) atoms. The van der Waals surface area contributed by atoms with E-state index in [1.54, 1.807) is 13.0 Å². The van der Waals surface area contributed by atoms with Crippen LogP contribution in [0, 0.1) is 18.7 Å². The van der Waals surface area contributed by atoms with Crippen molar-refractivity contribution in [2.24, 2.45) is 5.92 Å². The first-order valence-corrected chi connectivity index (χ1v) is 14.2. The minimum Gasteiger partial charge on any atom is -0.395 e. The molecule has 2 heterocycles. The number of rotatable bonds is 8. The SMILES string of the molecule is Cc1c(F)cc(C(=O)NC2CC2)cc1-c1ccc2c(=O)n(CC3CC3)cc(CN3CCNC(CO)CC3)c2c1. The van der Waals surface area contributed by atoms with Gasteiger partial charge in [0.2, 0.25) is 0 Å². The van der Waals surface area contributed by atoms with Crippen LogP contribution >= 0.6 is 0 Å². The van der Waals surface area contributed by atoms with E-state index in [1.165, 1.54) is 6.07 Å². The maximum Gasteiger partial charge on any atom is 0.258 e. The zero-order valence-corrected chi connectivity index (χ0v) is 22.5. The summed E-state index contributed by atoms with van der Waals surface area (Å²) in [6.45, 7) is 5.77. The average Bonchev–Trinajstić information content (AvgIpc) is 3.84. The second-order valence-electron chi connectivity index (χ2n) is 11.6. The molecule has 2 aromatic carbocycles. The summed E-state index contributed by atoms with van der Waals surface area (Å²) >= 11 is 0. The lowest BCUT2D eigenvalue weighted by Crippen LogP contribution is -2.32. The topological polar surface area (TPSA) is 86.6 Å². The number of halogens is 1. The normalized spacial score (nSPS) is 20.2. The molecule has 1 aromatic heterocycles. The Labute approximate surface area is 228 Å². The van der Waals surface area contributed by atoms with Crippen molar-refractivity contribution in [3.05, 3.63) is 69.4 Å². The molecule has 0 spiro atoms. The molecule has 1 aliphatic heterocycles. The first kappa shape index (κ1) is 26.2. The number of aliphatic hydroxyl groups excluding tert-OH is 1. The minimum atomic E-state index is -0.413. The van der Waals surface area contributed by atoms with Crippen molar-refractivity contribution in [2.45, 2.75) is 64.2 Å². The van der Waals surface area contributed by atoms with E-state index in [0.29, 0.717) is 34.5 Å². The van der Waals surface area contributed by atoms with E-state index in [4.69, 9.17) is 0 Å². The van der Waals surface area contributed by atoms with Crippen LogP contribution in [0.2, 0.25) is 0 Å². The van der Waals surface area contributed by atoms with Gasteiger partial charge < -0.3 is 20.3 Å². The molecule has 6 rings (SSSR count). The van der Waals surface area contributed by atoms with E-state index in [1.807, 2.05) is 29.0 Å². The second kappa shape index (κ2) is 10.8. The van der Waals surface area contributed by atoms with Crippen molar-refractivity contribution in [1.82, 2.24) is 20.1 Å². The molecule has 3 fully saturated rings. The van der Waals surface area contributed by atoms with Crippen LogP contribution in [0.5, 0.6) is 0 Å². The lowest BCUT2D eigenvalue weighted by atomic mass is 9.94. The molecule has 0 radical (unpaired) electrons. The van der Waals surface area contributed by atoms with Gasteiger partial charge in [0.1, 0.15) is 5.82 Å². The molecular formula is C31H37FN4O3. The van der Waals surface area contributed by atoms with Crippen LogP contribution in [0.4, 0.5) is 4.39 Å². The quantitative estimate of drug-likeness (QED) is 0.413. The highest BCUT2D eigenvalue weighted by molar-refractivity contribution is 5.97. The number of pyridine rings is 1. The number of fused-ring (bicyclic) bond motifs is 1. The maximum atomic E-state index is 15.0. The standard InChI is InChI=1S/C31H37FN4O3/c1-19-27(13-22(14-29(19)32)30(38)34-24-5-6-24)21-4-7-26-28(12-21)23(17-36(31(26)39)15-20-2-3-20)16-35-10-8-25(18-37)33-9-11-35/h4,7,12-14,17,20,24-25,33,37H,2-3,5-6,8-11,15-16,18H2,1H3,(H,34,38). The van der Waals surface area contributed by atoms with E-state index in [9.17, 15) is 14.7 Å². The molecule has 3 N–H and O–H groups in total. The van der Waals surface area contributed by atoms with Crippen molar-refractivity contribution in [3.63, 3.8) is 0 Å². The Morgan fingerprint density at radius 3 is 2.67 bits per heavy atom. The van der Waals surface area contributed by atoms with Crippen LogP contribution in [0.25, 0.3) is 21.9 Å². The molecule has 3 aliphatic rings. The Bertz CT molecular complexity index is 1460. The summed E-state index contributed by atoms with van der Waals surface area (Å²) in [5.74, 6) is -0.0997. The molecule has 0 bridgehead atoms. The van der Waals surface area contributed by atoms with Crippen LogP contribution in [0.15, 0.2) is 41.3 Å². The number of aliphatic hydroxyl groups is 1. The van der Waals surface area contributed by atoms with Gasteiger partial charge in [0.25, 0.3) is 11.5 Å². The Kier molecular flexibility index (Phi) is 7.27. The fourth-order valence-electron chi connectivity index (χ4n) is 5.62. The number of nitrogens with one attached hydrogen (secondary N) is 2. The Hall–Kier alpha value is -3.07.